The summed E-state index contributed by atoms with van der Waals surface area (Å²) in [6, 6.07) is 16.0. The highest BCUT2D eigenvalue weighted by Gasteiger charge is 2.37. The molecule has 0 unspecified atom stereocenters. The predicted octanol–water partition coefficient (Wildman–Crippen LogP) is 5.86. The van der Waals surface area contributed by atoms with Crippen LogP contribution in [0.5, 0.6) is 0 Å². The van der Waals surface area contributed by atoms with Crippen LogP contribution in [0.1, 0.15) is 33.3 Å². The van der Waals surface area contributed by atoms with E-state index in [9.17, 15) is 0 Å². The Morgan fingerprint density at radius 2 is 1.74 bits per heavy atom. The number of benzene rings is 1. The van der Waals surface area contributed by atoms with Crippen LogP contribution >= 0.6 is 0 Å². The minimum Gasteiger partial charge on any atom is -0.413 e. The van der Waals surface area contributed by atoms with Gasteiger partial charge in [-0.05, 0) is 67.0 Å². The number of nitrogens with two attached hydrogens (primary N) is 1. The number of hydrogen-bond acceptors (Lipinski definition) is 7. The van der Waals surface area contributed by atoms with Crippen molar-refractivity contribution in [2.45, 2.75) is 59.0 Å². The molecule has 0 amide bonds. The number of anilines is 1. The van der Waals surface area contributed by atoms with Gasteiger partial charge in [0, 0.05) is 18.4 Å². The monoisotopic (exact) mass is 526 g/mol. The van der Waals surface area contributed by atoms with Crippen LogP contribution in [0, 0.1) is 0 Å². The van der Waals surface area contributed by atoms with Gasteiger partial charge >= 0.3 is 0 Å². The molecule has 0 atom stereocenters. The Hall–Kier alpha value is -3.89. The molecule has 0 saturated carbocycles. The van der Waals surface area contributed by atoms with Crippen LogP contribution in [-0.2, 0) is 17.6 Å². The van der Waals surface area contributed by atoms with Gasteiger partial charge in [-0.25, -0.2) is 15.0 Å². The Morgan fingerprint density at radius 1 is 0.974 bits per heavy atom. The lowest BCUT2D eigenvalue weighted by Crippen LogP contribution is -2.40. The van der Waals surface area contributed by atoms with Crippen LogP contribution in [0.25, 0.3) is 39.6 Å². The van der Waals surface area contributed by atoms with E-state index >= 15 is 0 Å². The van der Waals surface area contributed by atoms with Crippen LogP contribution < -0.4 is 5.73 Å². The maximum Gasteiger partial charge on any atom is 0.192 e. The highest BCUT2D eigenvalue weighted by molar-refractivity contribution is 6.74. The lowest BCUT2D eigenvalue weighted by molar-refractivity contribution is 0.276. The summed E-state index contributed by atoms with van der Waals surface area (Å²) in [5.74, 6) is 1.09. The molecule has 0 aliphatic rings. The number of nitrogen functional groups attached to an aromatic ring is 1. The van der Waals surface area contributed by atoms with Gasteiger partial charge in [-0.3, -0.25) is 9.25 Å². The predicted molar refractivity (Wildman–Crippen MR) is 153 cm³/mol. The Bertz CT molecular complexity index is 1580. The van der Waals surface area contributed by atoms with Crippen LogP contribution in [0.15, 0.2) is 60.9 Å². The molecule has 0 aliphatic carbocycles. The molecule has 4 aromatic heterocycles. The zero-order chi connectivity index (χ0) is 27.1. The molecule has 0 spiro atoms. The third-order valence-electron chi connectivity index (χ3n) is 7.31. The summed E-state index contributed by atoms with van der Waals surface area (Å²) in [5.41, 5.74) is 12.0. The highest BCUT2D eigenvalue weighted by atomic mass is 28.4. The number of nitrogens with zero attached hydrogens (tertiary/aromatic N) is 7. The summed E-state index contributed by atoms with van der Waals surface area (Å²) in [4.78, 5) is 14.2. The van der Waals surface area contributed by atoms with Crippen molar-refractivity contribution in [3.05, 3.63) is 66.5 Å². The van der Waals surface area contributed by atoms with Crippen molar-refractivity contribution in [1.82, 2.24) is 34.5 Å². The molecule has 10 heteroatoms. The second-order valence-electron chi connectivity index (χ2n) is 10.9. The van der Waals surface area contributed by atoms with E-state index in [2.05, 4.69) is 73.4 Å². The van der Waals surface area contributed by atoms with Crippen molar-refractivity contribution < 1.29 is 4.43 Å². The van der Waals surface area contributed by atoms with Gasteiger partial charge in [-0.1, -0.05) is 38.1 Å². The first kappa shape index (κ1) is 25.7. The van der Waals surface area contributed by atoms with Crippen molar-refractivity contribution >= 4 is 25.3 Å². The zero-order valence-electron chi connectivity index (χ0n) is 22.8. The molecular weight excluding hydrogens is 492 g/mol. The zero-order valence-corrected chi connectivity index (χ0v) is 23.8. The molecule has 0 fully saturated rings. The molecule has 0 aliphatic heterocycles. The van der Waals surface area contributed by atoms with Gasteiger partial charge in [-0.15, -0.1) is 5.10 Å². The molecule has 38 heavy (non-hydrogen) atoms. The Balaban J connectivity index is 1.59. The second-order valence-corrected chi connectivity index (χ2v) is 15.7. The highest BCUT2D eigenvalue weighted by Crippen LogP contribution is 2.37. The average molecular weight is 527 g/mol. The molecule has 5 rings (SSSR count). The molecular formula is C28H34N8OSi. The lowest BCUT2D eigenvalue weighted by Gasteiger charge is -2.36. The summed E-state index contributed by atoms with van der Waals surface area (Å²) >= 11 is 0. The van der Waals surface area contributed by atoms with Gasteiger partial charge in [0.15, 0.2) is 19.8 Å². The minimum atomic E-state index is -1.85. The first-order valence-electron chi connectivity index (χ1n) is 12.8. The van der Waals surface area contributed by atoms with Crippen molar-refractivity contribution in [3.63, 3.8) is 0 Å². The number of aryl methyl sites for hydroxylation is 1. The van der Waals surface area contributed by atoms with Gasteiger partial charge < -0.3 is 10.2 Å². The quantitative estimate of drug-likeness (QED) is 0.264. The standard InChI is InChI=1S/C28H34N8OSi/c1-7-35-17-24(33-34-35)22-14-15-23-27(31-22)36(26(32-23)21-9-8-16-30-25(21)29)20-12-10-19(11-13-20)18-37-38(5,6)28(2,3)4/h8-17H,7,18H2,1-6H3,(H2,29,30). The van der Waals surface area contributed by atoms with Crippen LogP contribution in [0.2, 0.25) is 18.1 Å². The summed E-state index contributed by atoms with van der Waals surface area (Å²) < 4.78 is 10.2. The fourth-order valence-corrected chi connectivity index (χ4v) is 4.88. The summed E-state index contributed by atoms with van der Waals surface area (Å²) in [6.45, 7) is 14.6. The van der Waals surface area contributed by atoms with Crippen LogP contribution in [-0.4, -0.2) is 42.8 Å². The van der Waals surface area contributed by atoms with E-state index in [1.54, 1.807) is 10.9 Å². The number of hydrogen-bond donors (Lipinski definition) is 1. The fourth-order valence-electron chi connectivity index (χ4n) is 3.92. The van der Waals surface area contributed by atoms with Gasteiger partial charge in [0.1, 0.15) is 17.0 Å². The van der Waals surface area contributed by atoms with E-state index in [4.69, 9.17) is 20.1 Å². The van der Waals surface area contributed by atoms with E-state index in [0.29, 0.717) is 29.6 Å². The number of pyridine rings is 2. The smallest absolute Gasteiger partial charge is 0.192 e. The van der Waals surface area contributed by atoms with E-state index in [1.165, 1.54) is 0 Å². The molecule has 0 saturated heterocycles. The molecule has 1 aromatic carbocycles. The van der Waals surface area contributed by atoms with Crippen LogP contribution in [0.4, 0.5) is 5.82 Å². The topological polar surface area (TPSA) is 110 Å². The molecule has 4 heterocycles. The normalized spacial score (nSPS) is 12.4. The Labute approximate surface area is 223 Å². The number of imidazole rings is 1. The Morgan fingerprint density at radius 3 is 2.39 bits per heavy atom. The maximum atomic E-state index is 6.43. The number of fused-ring (bicyclic) bond motifs is 1. The summed E-state index contributed by atoms with van der Waals surface area (Å²) in [7, 11) is -1.85. The number of aromatic nitrogens is 7. The fraction of sp³-hybridized carbons (Fsp3) is 0.321. The molecule has 0 radical (unpaired) electrons. The van der Waals surface area contributed by atoms with Gasteiger partial charge in [-0.2, -0.15) is 0 Å². The molecule has 2 N–H and O–H groups in total. The SMILES string of the molecule is CCn1cc(-c2ccc3nc(-c4cccnc4N)n(-c4ccc(CO[Si](C)(C)C(C)(C)C)cc4)c3n2)nn1. The first-order valence-corrected chi connectivity index (χ1v) is 15.7. The lowest BCUT2D eigenvalue weighted by atomic mass is 10.2. The van der Waals surface area contributed by atoms with Gasteiger partial charge in [0.2, 0.25) is 0 Å². The van der Waals surface area contributed by atoms with E-state index in [-0.39, 0.29) is 5.04 Å². The van der Waals surface area contributed by atoms with Crippen molar-refractivity contribution in [1.29, 1.82) is 0 Å². The third kappa shape index (κ3) is 4.84. The average Bonchev–Trinajstić information content (AvgIpc) is 3.52. The van der Waals surface area contributed by atoms with Gasteiger partial charge in [0.25, 0.3) is 0 Å². The van der Waals surface area contributed by atoms with E-state index < -0.39 is 8.32 Å². The molecule has 196 valence electrons. The van der Waals surface area contributed by atoms with Crippen LogP contribution in [0.3, 0.4) is 0 Å². The van der Waals surface area contributed by atoms with E-state index in [0.717, 1.165) is 34.6 Å². The third-order valence-corrected chi connectivity index (χ3v) is 11.8. The summed E-state index contributed by atoms with van der Waals surface area (Å²) in [5, 5.41) is 8.62. The van der Waals surface area contributed by atoms with E-state index in [1.807, 2.05) is 42.0 Å². The van der Waals surface area contributed by atoms with Crippen molar-refractivity contribution in [2.75, 3.05) is 5.73 Å². The molecule has 9 nitrogen and oxygen atoms in total. The van der Waals surface area contributed by atoms with Crippen molar-refractivity contribution in [2.24, 2.45) is 0 Å². The largest absolute Gasteiger partial charge is 0.413 e. The van der Waals surface area contributed by atoms with Crippen molar-refractivity contribution in [3.8, 4) is 28.5 Å². The minimum absolute atomic E-state index is 0.160. The number of rotatable bonds is 7. The maximum absolute atomic E-state index is 6.43. The Kier molecular flexibility index (Phi) is 6.62. The summed E-state index contributed by atoms with van der Waals surface area (Å²) in [6.07, 6.45) is 3.57. The van der Waals surface area contributed by atoms with Gasteiger partial charge in [0.05, 0.1) is 24.1 Å². The molecule has 5 aromatic rings. The molecule has 0 bridgehead atoms. The second kappa shape index (κ2) is 9.77. The first-order chi connectivity index (χ1) is 18.1.